The van der Waals surface area contributed by atoms with E-state index in [1.165, 1.54) is 10.5 Å². The van der Waals surface area contributed by atoms with Gasteiger partial charge in [-0.3, -0.25) is 4.79 Å². The van der Waals surface area contributed by atoms with Gasteiger partial charge in [-0.25, -0.2) is 0 Å². The monoisotopic (exact) mass is 250 g/mol. The lowest BCUT2D eigenvalue weighted by molar-refractivity contribution is -0.120. The molecule has 1 aliphatic heterocycles. The summed E-state index contributed by atoms with van der Waals surface area (Å²) in [6, 6.07) is 8.87. The summed E-state index contributed by atoms with van der Waals surface area (Å²) < 4.78 is 0. The minimum Gasteiger partial charge on any atom is -0.353 e. The largest absolute Gasteiger partial charge is 0.353 e. The summed E-state index contributed by atoms with van der Waals surface area (Å²) in [5.74, 6) is 1.07. The number of thioether (sulfide) groups is 1. The van der Waals surface area contributed by atoms with Gasteiger partial charge in [-0.05, 0) is 25.5 Å². The summed E-state index contributed by atoms with van der Waals surface area (Å²) in [4.78, 5) is 12.9. The number of benzene rings is 1. The Labute approximate surface area is 106 Å². The Morgan fingerprint density at radius 3 is 3.00 bits per heavy atom. The number of nitrogens with one attached hydrogen (secondary N) is 2. The molecule has 1 aromatic carbocycles. The van der Waals surface area contributed by atoms with E-state index in [0.717, 1.165) is 5.75 Å². The first-order valence-corrected chi connectivity index (χ1v) is 6.90. The molecule has 92 valence electrons. The van der Waals surface area contributed by atoms with Crippen molar-refractivity contribution in [2.75, 3.05) is 12.3 Å². The highest BCUT2D eigenvalue weighted by atomic mass is 32.2. The fraction of sp³-hybridized carbons (Fsp3) is 0.462. The van der Waals surface area contributed by atoms with Crippen molar-refractivity contribution in [1.29, 1.82) is 0 Å². The minimum absolute atomic E-state index is 0.0642. The normalized spacial score (nSPS) is 18.2. The van der Waals surface area contributed by atoms with E-state index in [4.69, 9.17) is 0 Å². The van der Waals surface area contributed by atoms with Crippen molar-refractivity contribution in [2.45, 2.75) is 30.8 Å². The van der Waals surface area contributed by atoms with Crippen LogP contribution in [0.1, 0.15) is 25.5 Å². The maximum atomic E-state index is 11.5. The standard InChI is InChI=1S/C13H18N2OS/c1-9(2)15-13(16)7-14-11-8-17-12-6-4-3-5-10(11)12/h3-6,9,11,14H,7-8H2,1-2H3,(H,15,16). The van der Waals surface area contributed by atoms with Crippen molar-refractivity contribution in [3.8, 4) is 0 Å². The highest BCUT2D eigenvalue weighted by molar-refractivity contribution is 7.99. The molecule has 0 aromatic heterocycles. The summed E-state index contributed by atoms with van der Waals surface area (Å²) in [5.41, 5.74) is 1.31. The Morgan fingerprint density at radius 1 is 1.47 bits per heavy atom. The fourth-order valence-electron chi connectivity index (χ4n) is 1.92. The lowest BCUT2D eigenvalue weighted by Gasteiger charge is -2.14. The summed E-state index contributed by atoms with van der Waals surface area (Å²) in [6.45, 7) is 4.33. The van der Waals surface area contributed by atoms with Crippen molar-refractivity contribution < 1.29 is 4.79 Å². The van der Waals surface area contributed by atoms with E-state index < -0.39 is 0 Å². The number of hydrogen-bond acceptors (Lipinski definition) is 3. The van der Waals surface area contributed by atoms with Crippen LogP contribution in [0.15, 0.2) is 29.2 Å². The van der Waals surface area contributed by atoms with Crippen LogP contribution < -0.4 is 10.6 Å². The second-order valence-electron chi connectivity index (χ2n) is 4.50. The molecule has 1 atom stereocenters. The maximum absolute atomic E-state index is 11.5. The van der Waals surface area contributed by atoms with Crippen LogP contribution in [0.3, 0.4) is 0 Å². The third-order valence-corrected chi connectivity index (χ3v) is 3.84. The van der Waals surface area contributed by atoms with E-state index >= 15 is 0 Å². The molecule has 0 bridgehead atoms. The van der Waals surface area contributed by atoms with Gasteiger partial charge in [0.05, 0.1) is 6.54 Å². The lowest BCUT2D eigenvalue weighted by atomic mass is 10.1. The summed E-state index contributed by atoms with van der Waals surface area (Å²) in [5, 5.41) is 6.19. The van der Waals surface area contributed by atoms with E-state index in [0.29, 0.717) is 12.6 Å². The van der Waals surface area contributed by atoms with Gasteiger partial charge in [0, 0.05) is 22.7 Å². The minimum atomic E-state index is 0.0642. The van der Waals surface area contributed by atoms with Crippen molar-refractivity contribution in [1.82, 2.24) is 10.6 Å². The van der Waals surface area contributed by atoms with Gasteiger partial charge < -0.3 is 10.6 Å². The zero-order valence-corrected chi connectivity index (χ0v) is 11.0. The van der Waals surface area contributed by atoms with Gasteiger partial charge in [0.1, 0.15) is 0 Å². The fourth-order valence-corrected chi connectivity index (χ4v) is 3.12. The van der Waals surface area contributed by atoms with Crippen molar-refractivity contribution in [2.24, 2.45) is 0 Å². The van der Waals surface area contributed by atoms with E-state index in [-0.39, 0.29) is 11.9 Å². The van der Waals surface area contributed by atoms with Gasteiger partial charge in [0.15, 0.2) is 0 Å². The van der Waals surface area contributed by atoms with Gasteiger partial charge in [-0.15, -0.1) is 11.8 Å². The molecule has 1 aromatic rings. The topological polar surface area (TPSA) is 41.1 Å². The third kappa shape index (κ3) is 3.23. The van der Waals surface area contributed by atoms with Gasteiger partial charge in [0.2, 0.25) is 5.91 Å². The number of fused-ring (bicyclic) bond motifs is 1. The van der Waals surface area contributed by atoms with E-state index in [2.05, 4.69) is 28.8 Å². The second-order valence-corrected chi connectivity index (χ2v) is 5.57. The van der Waals surface area contributed by atoms with Gasteiger partial charge in [-0.2, -0.15) is 0 Å². The van der Waals surface area contributed by atoms with Gasteiger partial charge >= 0.3 is 0 Å². The van der Waals surface area contributed by atoms with Crippen LogP contribution in [0.25, 0.3) is 0 Å². The first-order chi connectivity index (χ1) is 8.16. The molecule has 0 fully saturated rings. The molecule has 0 spiro atoms. The number of carbonyl (C=O) groups is 1. The van der Waals surface area contributed by atoms with E-state index in [1.54, 1.807) is 0 Å². The summed E-state index contributed by atoms with van der Waals surface area (Å²) in [6.07, 6.45) is 0. The molecule has 0 radical (unpaired) electrons. The predicted molar refractivity (Wildman–Crippen MR) is 71.2 cm³/mol. The molecule has 17 heavy (non-hydrogen) atoms. The zero-order chi connectivity index (χ0) is 12.3. The molecule has 0 aliphatic carbocycles. The highest BCUT2D eigenvalue weighted by Crippen LogP contribution is 2.37. The van der Waals surface area contributed by atoms with Crippen LogP contribution in [0.5, 0.6) is 0 Å². The average molecular weight is 250 g/mol. The zero-order valence-electron chi connectivity index (χ0n) is 10.2. The number of rotatable bonds is 4. The average Bonchev–Trinajstić information content (AvgIpc) is 2.69. The number of amides is 1. The summed E-state index contributed by atoms with van der Waals surface area (Å²) in [7, 11) is 0. The van der Waals surface area contributed by atoms with Crippen LogP contribution in [0, 0.1) is 0 Å². The SMILES string of the molecule is CC(C)NC(=O)CNC1CSc2ccccc21. The van der Waals surface area contributed by atoms with Gasteiger partial charge in [-0.1, -0.05) is 18.2 Å². The molecule has 1 amide bonds. The van der Waals surface area contributed by atoms with Crippen LogP contribution in [0.2, 0.25) is 0 Å². The van der Waals surface area contributed by atoms with Crippen molar-refractivity contribution in [3.05, 3.63) is 29.8 Å². The molecule has 0 saturated carbocycles. The second kappa shape index (κ2) is 5.56. The lowest BCUT2D eigenvalue weighted by Crippen LogP contribution is -2.39. The molecular weight excluding hydrogens is 232 g/mol. The first kappa shape index (κ1) is 12.5. The molecule has 1 unspecified atom stereocenters. The molecule has 2 rings (SSSR count). The predicted octanol–water partition coefficient (Wildman–Crippen LogP) is 1.95. The van der Waals surface area contributed by atoms with Crippen LogP contribution in [-0.2, 0) is 4.79 Å². The molecule has 2 N–H and O–H groups in total. The van der Waals surface area contributed by atoms with Crippen LogP contribution in [0.4, 0.5) is 0 Å². The molecule has 3 nitrogen and oxygen atoms in total. The first-order valence-electron chi connectivity index (χ1n) is 5.91. The maximum Gasteiger partial charge on any atom is 0.234 e. The van der Waals surface area contributed by atoms with Crippen LogP contribution in [-0.4, -0.2) is 24.2 Å². The molecular formula is C13H18N2OS. The van der Waals surface area contributed by atoms with Gasteiger partial charge in [0.25, 0.3) is 0 Å². The number of hydrogen-bond donors (Lipinski definition) is 2. The summed E-state index contributed by atoms with van der Waals surface area (Å²) >= 11 is 1.85. The quantitative estimate of drug-likeness (QED) is 0.858. The van der Waals surface area contributed by atoms with E-state index in [9.17, 15) is 4.79 Å². The molecule has 0 saturated heterocycles. The highest BCUT2D eigenvalue weighted by Gasteiger charge is 2.22. The molecule has 1 heterocycles. The Kier molecular flexibility index (Phi) is 4.07. The van der Waals surface area contributed by atoms with Crippen molar-refractivity contribution >= 4 is 17.7 Å². The Bertz CT molecular complexity index is 406. The smallest absolute Gasteiger partial charge is 0.234 e. The van der Waals surface area contributed by atoms with E-state index in [1.807, 2.05) is 31.7 Å². The van der Waals surface area contributed by atoms with Crippen LogP contribution >= 0.6 is 11.8 Å². The number of carbonyl (C=O) groups excluding carboxylic acids is 1. The third-order valence-electron chi connectivity index (χ3n) is 2.66. The Hall–Kier alpha value is -1.00. The van der Waals surface area contributed by atoms with Crippen molar-refractivity contribution in [3.63, 3.8) is 0 Å². The Morgan fingerprint density at radius 2 is 2.24 bits per heavy atom. The molecule has 4 heteroatoms. The Balaban J connectivity index is 1.88. The molecule has 1 aliphatic rings.